The first kappa shape index (κ1) is 14.1. The molecule has 0 saturated heterocycles. The molecule has 0 aliphatic heterocycles. The van der Waals surface area contributed by atoms with E-state index in [1.807, 2.05) is 32.4 Å². The maximum atomic E-state index is 11.5. The van der Waals surface area contributed by atoms with Gasteiger partial charge in [0.25, 0.3) is 0 Å². The van der Waals surface area contributed by atoms with Crippen LogP contribution in [0.2, 0.25) is 0 Å². The van der Waals surface area contributed by atoms with Crippen molar-refractivity contribution in [2.45, 2.75) is 32.9 Å². The smallest absolute Gasteiger partial charge is 0.407 e. The zero-order valence-electron chi connectivity index (χ0n) is 11.2. The minimum atomic E-state index is -0.511. The molecule has 6 heteroatoms. The maximum Gasteiger partial charge on any atom is 0.407 e. The molecule has 1 heterocycles. The van der Waals surface area contributed by atoms with Gasteiger partial charge in [-0.05, 0) is 26.8 Å². The van der Waals surface area contributed by atoms with Gasteiger partial charge in [-0.3, -0.25) is 5.41 Å². The molecule has 0 fully saturated rings. The number of amides is 1. The van der Waals surface area contributed by atoms with Crippen LogP contribution in [0.3, 0.4) is 0 Å². The molecule has 18 heavy (non-hydrogen) atoms. The van der Waals surface area contributed by atoms with Crippen molar-refractivity contribution < 1.29 is 9.53 Å². The lowest BCUT2D eigenvalue weighted by atomic mass is 10.2. The van der Waals surface area contributed by atoms with E-state index in [-0.39, 0.29) is 5.84 Å². The molecule has 1 aromatic rings. The molecule has 0 aliphatic carbocycles. The number of hydrogen-bond acceptors (Lipinski definition) is 3. The molecule has 0 saturated carbocycles. The average Bonchev–Trinajstić information content (AvgIpc) is 2.54. The highest BCUT2D eigenvalue weighted by Gasteiger charge is 2.16. The summed E-state index contributed by atoms with van der Waals surface area (Å²) in [6, 6.07) is 1.76. The Morgan fingerprint density at radius 2 is 2.17 bits per heavy atom. The molecule has 0 spiro atoms. The highest BCUT2D eigenvalue weighted by molar-refractivity contribution is 5.95. The number of amidine groups is 1. The van der Waals surface area contributed by atoms with Crippen LogP contribution in [0.1, 0.15) is 32.0 Å². The minimum Gasteiger partial charge on any atom is -0.444 e. The van der Waals surface area contributed by atoms with Gasteiger partial charge in [0, 0.05) is 24.5 Å². The van der Waals surface area contributed by atoms with Crippen molar-refractivity contribution in [2.24, 2.45) is 12.8 Å². The molecule has 1 aromatic heterocycles. The third-order valence-electron chi connectivity index (χ3n) is 2.23. The van der Waals surface area contributed by atoms with E-state index in [0.29, 0.717) is 12.1 Å². The van der Waals surface area contributed by atoms with Gasteiger partial charge in [-0.2, -0.15) is 0 Å². The predicted molar refractivity (Wildman–Crippen MR) is 69.5 cm³/mol. The first-order chi connectivity index (χ1) is 8.19. The highest BCUT2D eigenvalue weighted by atomic mass is 16.6. The summed E-state index contributed by atoms with van der Waals surface area (Å²) in [4.78, 5) is 11.5. The van der Waals surface area contributed by atoms with E-state index in [0.717, 1.165) is 5.69 Å². The molecule has 0 bridgehead atoms. The van der Waals surface area contributed by atoms with Gasteiger partial charge in [0.2, 0.25) is 0 Å². The second-order valence-corrected chi connectivity index (χ2v) is 5.10. The van der Waals surface area contributed by atoms with E-state index in [9.17, 15) is 4.79 Å². The Morgan fingerprint density at radius 3 is 2.61 bits per heavy atom. The Balaban J connectivity index is 2.59. The van der Waals surface area contributed by atoms with Crippen LogP contribution in [-0.4, -0.2) is 22.1 Å². The fourth-order valence-corrected chi connectivity index (χ4v) is 1.41. The molecular weight excluding hydrogens is 232 g/mol. The Labute approximate surface area is 107 Å². The molecule has 0 unspecified atom stereocenters. The van der Waals surface area contributed by atoms with Crippen molar-refractivity contribution in [2.75, 3.05) is 0 Å². The molecule has 4 N–H and O–H groups in total. The third-order valence-corrected chi connectivity index (χ3v) is 2.23. The van der Waals surface area contributed by atoms with E-state index < -0.39 is 11.7 Å². The summed E-state index contributed by atoms with van der Waals surface area (Å²) in [5.41, 5.74) is 6.37. The lowest BCUT2D eigenvalue weighted by Gasteiger charge is -2.19. The van der Waals surface area contributed by atoms with Gasteiger partial charge in [-0.15, -0.1) is 0 Å². The number of aryl methyl sites for hydroxylation is 1. The van der Waals surface area contributed by atoms with E-state index in [1.54, 1.807) is 12.3 Å². The molecular formula is C12H20N4O2. The van der Waals surface area contributed by atoms with Crippen LogP contribution in [0.25, 0.3) is 0 Å². The molecule has 100 valence electrons. The van der Waals surface area contributed by atoms with Crippen molar-refractivity contribution in [1.29, 1.82) is 5.41 Å². The second kappa shape index (κ2) is 5.12. The van der Waals surface area contributed by atoms with Crippen molar-refractivity contribution in [3.8, 4) is 0 Å². The third kappa shape index (κ3) is 4.12. The number of nitrogens with two attached hydrogens (primary N) is 1. The van der Waals surface area contributed by atoms with Gasteiger partial charge >= 0.3 is 6.09 Å². The van der Waals surface area contributed by atoms with E-state index in [2.05, 4.69) is 5.32 Å². The highest BCUT2D eigenvalue weighted by Crippen LogP contribution is 2.08. The van der Waals surface area contributed by atoms with Gasteiger partial charge in [-0.25, -0.2) is 4.79 Å². The molecule has 6 nitrogen and oxygen atoms in total. The average molecular weight is 252 g/mol. The standard InChI is InChI=1S/C12H20N4O2/c1-12(2,3)18-11(17)15-6-9-5-8(10(13)14)7-16(9)4/h5,7H,6H2,1-4H3,(H3,13,14)(H,15,17). The molecule has 0 atom stereocenters. The second-order valence-electron chi connectivity index (χ2n) is 5.10. The Kier molecular flexibility index (Phi) is 4.00. The van der Waals surface area contributed by atoms with Gasteiger partial charge in [0.1, 0.15) is 11.4 Å². The summed E-state index contributed by atoms with van der Waals surface area (Å²) in [6.45, 7) is 5.76. The first-order valence-corrected chi connectivity index (χ1v) is 5.65. The minimum absolute atomic E-state index is 0.00844. The first-order valence-electron chi connectivity index (χ1n) is 5.65. The Bertz CT molecular complexity index is 457. The summed E-state index contributed by atoms with van der Waals surface area (Å²) in [7, 11) is 1.83. The number of carbonyl (C=O) groups excluding carboxylic acids is 1. The van der Waals surface area contributed by atoms with Crippen LogP contribution in [-0.2, 0) is 18.3 Å². The Hall–Kier alpha value is -1.98. The maximum absolute atomic E-state index is 11.5. The zero-order valence-corrected chi connectivity index (χ0v) is 11.2. The number of nitrogens with zero attached hydrogens (tertiary/aromatic N) is 1. The van der Waals surface area contributed by atoms with Crippen LogP contribution in [0, 0.1) is 5.41 Å². The van der Waals surface area contributed by atoms with Crippen LogP contribution >= 0.6 is 0 Å². The van der Waals surface area contributed by atoms with E-state index in [1.165, 1.54) is 0 Å². The van der Waals surface area contributed by atoms with Crippen LogP contribution < -0.4 is 11.1 Å². The van der Waals surface area contributed by atoms with Gasteiger partial charge < -0.3 is 20.4 Å². The summed E-state index contributed by atoms with van der Waals surface area (Å²) in [5, 5.41) is 9.99. The summed E-state index contributed by atoms with van der Waals surface area (Å²) >= 11 is 0. The van der Waals surface area contributed by atoms with Gasteiger partial charge in [-0.1, -0.05) is 0 Å². The van der Waals surface area contributed by atoms with E-state index >= 15 is 0 Å². The van der Waals surface area contributed by atoms with Gasteiger partial charge in [0.15, 0.2) is 0 Å². The van der Waals surface area contributed by atoms with Crippen LogP contribution in [0.15, 0.2) is 12.3 Å². The number of aromatic nitrogens is 1. The molecule has 0 aliphatic rings. The van der Waals surface area contributed by atoms with E-state index in [4.69, 9.17) is 15.9 Å². The summed E-state index contributed by atoms with van der Waals surface area (Å²) in [5.74, 6) is 0.00844. The lowest BCUT2D eigenvalue weighted by Crippen LogP contribution is -2.32. The van der Waals surface area contributed by atoms with Crippen molar-refractivity contribution in [1.82, 2.24) is 9.88 Å². The van der Waals surface area contributed by atoms with Crippen LogP contribution in [0.5, 0.6) is 0 Å². The number of ether oxygens (including phenoxy) is 1. The van der Waals surface area contributed by atoms with Crippen molar-refractivity contribution in [3.05, 3.63) is 23.5 Å². The number of alkyl carbamates (subject to hydrolysis) is 1. The zero-order chi connectivity index (χ0) is 13.9. The van der Waals surface area contributed by atoms with Crippen LogP contribution in [0.4, 0.5) is 4.79 Å². The number of rotatable bonds is 3. The molecule has 1 amide bonds. The quantitative estimate of drug-likeness (QED) is 0.559. The number of carbonyl (C=O) groups is 1. The lowest BCUT2D eigenvalue weighted by molar-refractivity contribution is 0.0522. The summed E-state index contributed by atoms with van der Waals surface area (Å²) in [6.07, 6.45) is 1.28. The molecule has 0 aromatic carbocycles. The normalized spacial score (nSPS) is 11.1. The largest absolute Gasteiger partial charge is 0.444 e. The summed E-state index contributed by atoms with van der Waals surface area (Å²) < 4.78 is 6.94. The molecule has 1 rings (SSSR count). The monoisotopic (exact) mass is 252 g/mol. The fourth-order valence-electron chi connectivity index (χ4n) is 1.41. The number of nitrogen functional groups attached to an aromatic ring is 1. The topological polar surface area (TPSA) is 93.1 Å². The van der Waals surface area contributed by atoms with Crippen molar-refractivity contribution >= 4 is 11.9 Å². The Morgan fingerprint density at radius 1 is 1.56 bits per heavy atom. The predicted octanol–water partition coefficient (Wildman–Crippen LogP) is 1.33. The van der Waals surface area contributed by atoms with Crippen molar-refractivity contribution in [3.63, 3.8) is 0 Å². The number of hydrogen-bond donors (Lipinski definition) is 3. The fraction of sp³-hybridized carbons (Fsp3) is 0.500. The number of nitrogens with one attached hydrogen (secondary N) is 2. The SMILES string of the molecule is Cn1cc(C(=N)N)cc1CNC(=O)OC(C)(C)C. The molecule has 0 radical (unpaired) electrons. The van der Waals surface area contributed by atoms with Gasteiger partial charge in [0.05, 0.1) is 6.54 Å².